The molecule has 1 unspecified atom stereocenters. The minimum Gasteiger partial charge on any atom is -0.347 e. The fraction of sp³-hybridized carbons (Fsp3) is 0.895. The van der Waals surface area contributed by atoms with Crippen molar-refractivity contribution >= 4 is 11.6 Å². The third-order valence-electron chi connectivity index (χ3n) is 7.88. The van der Waals surface area contributed by atoms with E-state index in [4.69, 9.17) is 9.47 Å². The van der Waals surface area contributed by atoms with Crippen molar-refractivity contribution in [2.75, 3.05) is 33.4 Å². The van der Waals surface area contributed by atoms with E-state index in [0.717, 1.165) is 45.2 Å². The summed E-state index contributed by atoms with van der Waals surface area (Å²) < 4.78 is 12.5. The maximum atomic E-state index is 13.5. The zero-order valence-corrected chi connectivity index (χ0v) is 14.5. The molecule has 6 rings (SSSR count). The lowest BCUT2D eigenvalue weighted by molar-refractivity contribution is -0.325. The number of nitrogens with zero attached hydrogens (tertiary/aromatic N) is 1. The van der Waals surface area contributed by atoms with Gasteiger partial charge in [-0.05, 0) is 51.1 Å². The molecule has 6 fully saturated rings. The van der Waals surface area contributed by atoms with Crippen molar-refractivity contribution in [1.82, 2.24) is 4.90 Å². The molecule has 6 aliphatic rings. The van der Waals surface area contributed by atoms with Gasteiger partial charge in [0.2, 0.25) is 0 Å². The van der Waals surface area contributed by atoms with Crippen molar-refractivity contribution in [3.63, 3.8) is 0 Å². The highest BCUT2D eigenvalue weighted by atomic mass is 16.7. The third-order valence-corrected chi connectivity index (χ3v) is 7.88. The number of Topliss-reactive ketones (excluding diaryl/α,β-unsaturated/α-hetero) is 2. The molecule has 2 heterocycles. The predicted octanol–water partition coefficient (Wildman–Crippen LogP) is 1.79. The lowest BCUT2D eigenvalue weighted by Gasteiger charge is -2.64. The summed E-state index contributed by atoms with van der Waals surface area (Å²) in [6.07, 6.45) is 5.64. The van der Waals surface area contributed by atoms with Gasteiger partial charge in [-0.3, -0.25) is 9.59 Å². The lowest BCUT2D eigenvalue weighted by Crippen LogP contribution is -2.70. The van der Waals surface area contributed by atoms with E-state index in [0.29, 0.717) is 32.0 Å². The third kappa shape index (κ3) is 1.57. The fourth-order valence-corrected chi connectivity index (χ4v) is 7.22. The van der Waals surface area contributed by atoms with E-state index in [1.807, 2.05) is 0 Å². The first-order valence-corrected chi connectivity index (χ1v) is 9.57. The molecule has 132 valence electrons. The molecule has 5 nitrogen and oxygen atoms in total. The van der Waals surface area contributed by atoms with Crippen molar-refractivity contribution in [1.29, 1.82) is 0 Å². The second-order valence-corrected chi connectivity index (χ2v) is 8.74. The molecule has 0 N–H and O–H groups in total. The Morgan fingerprint density at radius 3 is 2.67 bits per heavy atom. The monoisotopic (exact) mass is 333 g/mol. The van der Waals surface area contributed by atoms with Crippen LogP contribution in [0.4, 0.5) is 0 Å². The number of hydrogen-bond donors (Lipinski definition) is 0. The van der Waals surface area contributed by atoms with Crippen LogP contribution in [0.1, 0.15) is 44.9 Å². The van der Waals surface area contributed by atoms with Crippen LogP contribution in [-0.2, 0) is 19.1 Å². The van der Waals surface area contributed by atoms with Crippen LogP contribution in [0, 0.1) is 22.7 Å². The molecule has 2 spiro atoms. The van der Waals surface area contributed by atoms with Crippen LogP contribution in [0.2, 0.25) is 0 Å². The first kappa shape index (κ1) is 15.5. The Morgan fingerprint density at radius 1 is 1.08 bits per heavy atom. The summed E-state index contributed by atoms with van der Waals surface area (Å²) in [7, 11) is 2.08. The lowest BCUT2D eigenvalue weighted by atomic mass is 9.42. The van der Waals surface area contributed by atoms with E-state index >= 15 is 0 Å². The van der Waals surface area contributed by atoms with E-state index < -0.39 is 16.6 Å². The average Bonchev–Trinajstić information content (AvgIpc) is 3.07. The molecular formula is C19H27NO4. The van der Waals surface area contributed by atoms with Gasteiger partial charge in [0.05, 0.1) is 18.6 Å². The van der Waals surface area contributed by atoms with Crippen LogP contribution in [0.5, 0.6) is 0 Å². The first-order chi connectivity index (χ1) is 11.5. The van der Waals surface area contributed by atoms with Gasteiger partial charge >= 0.3 is 0 Å². The Bertz CT molecular complexity index is 598. The van der Waals surface area contributed by atoms with Crippen LogP contribution >= 0.6 is 0 Å². The van der Waals surface area contributed by atoms with E-state index in [1.54, 1.807) is 0 Å². The summed E-state index contributed by atoms with van der Waals surface area (Å²) >= 11 is 0. The standard InChI is InChI=1S/C19H27NO4/c1-20-5-2-4-18-14-9-13(12-19(18)23-7-8-24-19)11-17(18,16(22)10-14)15(21)3-6-20/h13-14H,2-12H2,1H3/t13?,14-,17-,18-/m0/s1. The number of carbonyl (C=O) groups excluding carboxylic acids is 2. The van der Waals surface area contributed by atoms with Crippen molar-refractivity contribution in [2.45, 2.75) is 50.7 Å². The van der Waals surface area contributed by atoms with Crippen molar-refractivity contribution in [3.8, 4) is 0 Å². The van der Waals surface area contributed by atoms with Gasteiger partial charge in [-0.1, -0.05) is 0 Å². The second kappa shape index (κ2) is 4.89. The van der Waals surface area contributed by atoms with Gasteiger partial charge in [-0.15, -0.1) is 0 Å². The van der Waals surface area contributed by atoms with Gasteiger partial charge in [0, 0.05) is 31.2 Å². The summed E-state index contributed by atoms with van der Waals surface area (Å²) in [4.78, 5) is 28.9. The van der Waals surface area contributed by atoms with E-state index in [2.05, 4.69) is 11.9 Å². The molecule has 4 atom stereocenters. The molecule has 2 aliphatic heterocycles. The summed E-state index contributed by atoms with van der Waals surface area (Å²) in [6, 6.07) is 0. The van der Waals surface area contributed by atoms with Crippen LogP contribution < -0.4 is 0 Å². The van der Waals surface area contributed by atoms with Crippen LogP contribution in [0.3, 0.4) is 0 Å². The molecule has 4 saturated carbocycles. The molecule has 0 radical (unpaired) electrons. The minimum absolute atomic E-state index is 0.173. The first-order valence-electron chi connectivity index (χ1n) is 9.57. The second-order valence-electron chi connectivity index (χ2n) is 8.74. The zero-order chi connectivity index (χ0) is 16.6. The number of carbonyl (C=O) groups is 2. The highest BCUT2D eigenvalue weighted by Crippen LogP contribution is 2.76. The van der Waals surface area contributed by atoms with Crippen LogP contribution in [-0.4, -0.2) is 55.6 Å². The average molecular weight is 333 g/mol. The number of ketones is 2. The molecule has 24 heavy (non-hydrogen) atoms. The smallest absolute Gasteiger partial charge is 0.175 e. The quantitative estimate of drug-likeness (QED) is 0.633. The van der Waals surface area contributed by atoms with Crippen LogP contribution in [0.15, 0.2) is 0 Å². The van der Waals surface area contributed by atoms with Gasteiger partial charge in [0.15, 0.2) is 5.79 Å². The van der Waals surface area contributed by atoms with Gasteiger partial charge < -0.3 is 14.4 Å². The molecule has 0 aromatic carbocycles. The Kier molecular flexibility index (Phi) is 3.15. The molecule has 0 aromatic rings. The Morgan fingerprint density at radius 2 is 1.88 bits per heavy atom. The molecule has 5 heteroatoms. The Hall–Kier alpha value is -0.780. The SMILES string of the molecule is CN1CCC[C@]23[C@@H]4CC(=O)[C@]2(CC(C4)CC32OCCO2)C(=O)CC1. The molecule has 4 aliphatic carbocycles. The highest BCUT2D eigenvalue weighted by Gasteiger charge is 2.81. The Labute approximate surface area is 143 Å². The van der Waals surface area contributed by atoms with Crippen LogP contribution in [0.25, 0.3) is 0 Å². The van der Waals surface area contributed by atoms with Crippen molar-refractivity contribution in [2.24, 2.45) is 22.7 Å². The maximum Gasteiger partial charge on any atom is 0.175 e. The van der Waals surface area contributed by atoms with Gasteiger partial charge in [-0.25, -0.2) is 0 Å². The molecule has 2 saturated heterocycles. The van der Waals surface area contributed by atoms with Gasteiger partial charge in [0.25, 0.3) is 0 Å². The van der Waals surface area contributed by atoms with Gasteiger partial charge in [-0.2, -0.15) is 0 Å². The topological polar surface area (TPSA) is 55.8 Å². The van der Waals surface area contributed by atoms with E-state index in [9.17, 15) is 9.59 Å². The molecule has 0 amide bonds. The summed E-state index contributed by atoms with van der Waals surface area (Å²) in [6.45, 7) is 2.93. The number of hydrogen-bond acceptors (Lipinski definition) is 5. The zero-order valence-electron chi connectivity index (χ0n) is 14.5. The molecule has 4 bridgehead atoms. The van der Waals surface area contributed by atoms with Crippen molar-refractivity contribution in [3.05, 3.63) is 0 Å². The minimum atomic E-state index is -0.825. The summed E-state index contributed by atoms with van der Waals surface area (Å²) in [5, 5.41) is 0. The molecule has 0 aromatic heterocycles. The largest absolute Gasteiger partial charge is 0.347 e. The summed E-state index contributed by atoms with van der Waals surface area (Å²) in [5.74, 6) is 0.352. The van der Waals surface area contributed by atoms with Gasteiger partial charge in [0.1, 0.15) is 11.6 Å². The van der Waals surface area contributed by atoms with Crippen molar-refractivity contribution < 1.29 is 19.1 Å². The predicted molar refractivity (Wildman–Crippen MR) is 86.3 cm³/mol. The Balaban J connectivity index is 1.72. The number of rotatable bonds is 0. The van der Waals surface area contributed by atoms with E-state index in [1.165, 1.54) is 0 Å². The highest BCUT2D eigenvalue weighted by molar-refractivity contribution is 6.10. The fourth-order valence-electron chi connectivity index (χ4n) is 7.22. The summed E-state index contributed by atoms with van der Waals surface area (Å²) in [5.41, 5.74) is -1.24. The van der Waals surface area contributed by atoms with E-state index in [-0.39, 0.29) is 17.5 Å². The normalized spacial score (nSPS) is 47.5. The molecular weight excluding hydrogens is 306 g/mol. The maximum absolute atomic E-state index is 13.5. The number of ether oxygens (including phenoxy) is 2.